The van der Waals surface area contributed by atoms with E-state index in [1.54, 1.807) is 31.4 Å². The Bertz CT molecular complexity index is 756. The van der Waals surface area contributed by atoms with Crippen molar-refractivity contribution in [2.24, 2.45) is 0 Å². The van der Waals surface area contributed by atoms with Gasteiger partial charge in [-0.15, -0.1) is 0 Å². The van der Waals surface area contributed by atoms with Crippen molar-refractivity contribution in [1.29, 1.82) is 0 Å². The van der Waals surface area contributed by atoms with Crippen LogP contribution in [-0.4, -0.2) is 25.5 Å². The number of nitrogens with one attached hydrogen (secondary N) is 1. The van der Waals surface area contributed by atoms with Crippen LogP contribution in [0.1, 0.15) is 18.1 Å². The molecule has 0 spiro atoms. The zero-order valence-electron chi connectivity index (χ0n) is 14.4. The molecule has 0 bridgehead atoms. The lowest BCUT2D eigenvalue weighted by molar-refractivity contribution is -0.120. The van der Waals surface area contributed by atoms with E-state index in [1.807, 2.05) is 32.0 Å². The van der Waals surface area contributed by atoms with Crippen LogP contribution in [0.4, 0.5) is 11.4 Å². The molecule has 0 aliphatic heterocycles. The lowest BCUT2D eigenvalue weighted by atomic mass is 10.1. The highest BCUT2D eigenvalue weighted by atomic mass is 16.5. The molecule has 0 radical (unpaired) electrons. The van der Waals surface area contributed by atoms with E-state index in [9.17, 15) is 9.59 Å². The van der Waals surface area contributed by atoms with Gasteiger partial charge in [0.05, 0.1) is 7.11 Å². The summed E-state index contributed by atoms with van der Waals surface area (Å²) in [4.78, 5) is 25.8. The molecule has 0 aliphatic rings. The SMILES string of the molecule is COc1cccc(N(CC(=O)Nc2cc(C)ccc2C)C(C)=O)c1. The molecule has 5 heteroatoms. The second-order valence-electron chi connectivity index (χ2n) is 5.67. The van der Waals surface area contributed by atoms with Crippen LogP contribution in [0.5, 0.6) is 5.75 Å². The average molecular weight is 326 g/mol. The van der Waals surface area contributed by atoms with E-state index in [2.05, 4.69) is 5.32 Å². The van der Waals surface area contributed by atoms with Gasteiger partial charge in [0, 0.05) is 24.4 Å². The molecule has 2 aromatic rings. The zero-order valence-corrected chi connectivity index (χ0v) is 14.4. The molecule has 0 fully saturated rings. The second kappa shape index (κ2) is 7.64. The summed E-state index contributed by atoms with van der Waals surface area (Å²) in [5, 5.41) is 2.87. The predicted octanol–water partition coefficient (Wildman–Crippen LogP) is 3.30. The van der Waals surface area contributed by atoms with Gasteiger partial charge < -0.3 is 15.0 Å². The van der Waals surface area contributed by atoms with E-state index < -0.39 is 0 Å². The average Bonchev–Trinajstić information content (AvgIpc) is 2.55. The fourth-order valence-electron chi connectivity index (χ4n) is 2.37. The van der Waals surface area contributed by atoms with Crippen LogP contribution in [0, 0.1) is 13.8 Å². The van der Waals surface area contributed by atoms with E-state index >= 15 is 0 Å². The van der Waals surface area contributed by atoms with Crippen LogP contribution in [0.15, 0.2) is 42.5 Å². The predicted molar refractivity (Wildman–Crippen MR) is 95.6 cm³/mol. The van der Waals surface area contributed by atoms with Crippen molar-refractivity contribution in [3.8, 4) is 5.75 Å². The van der Waals surface area contributed by atoms with E-state index in [1.165, 1.54) is 11.8 Å². The minimum Gasteiger partial charge on any atom is -0.497 e. The van der Waals surface area contributed by atoms with Crippen molar-refractivity contribution in [3.05, 3.63) is 53.6 Å². The highest BCUT2D eigenvalue weighted by Crippen LogP contribution is 2.22. The van der Waals surface area contributed by atoms with E-state index in [0.29, 0.717) is 11.4 Å². The van der Waals surface area contributed by atoms with Gasteiger partial charge in [0.25, 0.3) is 0 Å². The van der Waals surface area contributed by atoms with Gasteiger partial charge in [0.2, 0.25) is 11.8 Å². The summed E-state index contributed by atoms with van der Waals surface area (Å²) < 4.78 is 5.18. The fourth-order valence-corrected chi connectivity index (χ4v) is 2.37. The second-order valence-corrected chi connectivity index (χ2v) is 5.67. The Morgan fingerprint density at radius 2 is 1.88 bits per heavy atom. The third-order valence-electron chi connectivity index (χ3n) is 3.71. The smallest absolute Gasteiger partial charge is 0.244 e. The number of carbonyl (C=O) groups is 2. The standard InChI is InChI=1S/C19H22N2O3/c1-13-8-9-14(2)18(10-13)20-19(23)12-21(15(3)22)16-6-5-7-17(11-16)24-4/h5-11H,12H2,1-4H3,(H,20,23). The molecular formula is C19H22N2O3. The Labute approximate surface area is 142 Å². The lowest BCUT2D eigenvalue weighted by Crippen LogP contribution is -2.36. The molecule has 0 aliphatic carbocycles. The number of aryl methyl sites for hydroxylation is 2. The summed E-state index contributed by atoms with van der Waals surface area (Å²) in [6, 6.07) is 12.9. The number of rotatable bonds is 5. The molecule has 5 nitrogen and oxygen atoms in total. The van der Waals surface area contributed by atoms with Crippen LogP contribution in [-0.2, 0) is 9.59 Å². The Balaban J connectivity index is 2.16. The number of hydrogen-bond donors (Lipinski definition) is 1. The molecular weight excluding hydrogens is 304 g/mol. The maximum atomic E-state index is 12.4. The van der Waals surface area contributed by atoms with Crippen LogP contribution in [0.25, 0.3) is 0 Å². The van der Waals surface area contributed by atoms with Gasteiger partial charge in [-0.1, -0.05) is 18.2 Å². The Hall–Kier alpha value is -2.82. The molecule has 1 N–H and O–H groups in total. The zero-order chi connectivity index (χ0) is 17.7. The van der Waals surface area contributed by atoms with Crippen molar-refractivity contribution >= 4 is 23.2 Å². The number of amides is 2. The molecule has 24 heavy (non-hydrogen) atoms. The minimum absolute atomic E-state index is 0.0596. The van der Waals surface area contributed by atoms with Gasteiger partial charge in [-0.25, -0.2) is 0 Å². The first-order valence-corrected chi connectivity index (χ1v) is 7.70. The molecule has 0 atom stereocenters. The van der Waals surface area contributed by atoms with Gasteiger partial charge in [-0.05, 0) is 43.2 Å². The number of benzene rings is 2. The van der Waals surface area contributed by atoms with Gasteiger partial charge in [0.15, 0.2) is 0 Å². The quantitative estimate of drug-likeness (QED) is 0.917. The summed E-state index contributed by atoms with van der Waals surface area (Å²) in [7, 11) is 1.56. The van der Waals surface area contributed by atoms with Crippen LogP contribution in [0.2, 0.25) is 0 Å². The van der Waals surface area contributed by atoms with Gasteiger partial charge >= 0.3 is 0 Å². The first-order chi connectivity index (χ1) is 11.4. The van der Waals surface area contributed by atoms with Gasteiger partial charge in [-0.3, -0.25) is 9.59 Å². The first kappa shape index (κ1) is 17.5. The largest absolute Gasteiger partial charge is 0.497 e. The van der Waals surface area contributed by atoms with Crippen LogP contribution >= 0.6 is 0 Å². The molecule has 0 aromatic heterocycles. The summed E-state index contributed by atoms with van der Waals surface area (Å²) in [5.74, 6) is 0.176. The number of methoxy groups -OCH3 is 1. The Morgan fingerprint density at radius 3 is 2.54 bits per heavy atom. The van der Waals surface area contributed by atoms with E-state index in [0.717, 1.165) is 16.8 Å². The highest BCUT2D eigenvalue weighted by molar-refractivity contribution is 6.02. The Morgan fingerprint density at radius 1 is 1.12 bits per heavy atom. The van der Waals surface area contributed by atoms with Gasteiger partial charge in [0.1, 0.15) is 12.3 Å². The number of hydrogen-bond acceptors (Lipinski definition) is 3. The number of anilines is 2. The van der Waals surface area contributed by atoms with Crippen molar-refractivity contribution in [2.45, 2.75) is 20.8 Å². The molecule has 0 saturated heterocycles. The van der Waals surface area contributed by atoms with Crippen LogP contribution in [0.3, 0.4) is 0 Å². The molecule has 0 heterocycles. The molecule has 2 amide bonds. The summed E-state index contributed by atoms with van der Waals surface area (Å²) in [6.45, 7) is 5.27. The third-order valence-corrected chi connectivity index (χ3v) is 3.71. The number of carbonyl (C=O) groups excluding carboxylic acids is 2. The summed E-state index contributed by atoms with van der Waals surface area (Å²) in [6.07, 6.45) is 0. The molecule has 2 aromatic carbocycles. The van der Waals surface area contributed by atoms with E-state index in [4.69, 9.17) is 4.74 Å². The van der Waals surface area contributed by atoms with E-state index in [-0.39, 0.29) is 18.4 Å². The topological polar surface area (TPSA) is 58.6 Å². The normalized spacial score (nSPS) is 10.2. The molecule has 126 valence electrons. The van der Waals surface area contributed by atoms with Crippen molar-refractivity contribution in [3.63, 3.8) is 0 Å². The maximum Gasteiger partial charge on any atom is 0.244 e. The lowest BCUT2D eigenvalue weighted by Gasteiger charge is -2.21. The first-order valence-electron chi connectivity index (χ1n) is 7.70. The van der Waals surface area contributed by atoms with Gasteiger partial charge in [-0.2, -0.15) is 0 Å². The van der Waals surface area contributed by atoms with Crippen molar-refractivity contribution in [2.75, 3.05) is 23.9 Å². The molecule has 0 saturated carbocycles. The third kappa shape index (κ3) is 4.35. The Kier molecular flexibility index (Phi) is 5.58. The van der Waals surface area contributed by atoms with Crippen molar-refractivity contribution < 1.29 is 14.3 Å². The van der Waals surface area contributed by atoms with Crippen molar-refractivity contribution in [1.82, 2.24) is 0 Å². The fraction of sp³-hybridized carbons (Fsp3) is 0.263. The number of ether oxygens (including phenoxy) is 1. The summed E-state index contributed by atoms with van der Waals surface area (Å²) in [5.41, 5.74) is 3.42. The summed E-state index contributed by atoms with van der Waals surface area (Å²) >= 11 is 0. The maximum absolute atomic E-state index is 12.4. The molecule has 2 rings (SSSR count). The molecule has 0 unspecified atom stereocenters. The number of nitrogens with zero attached hydrogens (tertiary/aromatic N) is 1. The highest BCUT2D eigenvalue weighted by Gasteiger charge is 2.17. The van der Waals surface area contributed by atoms with Crippen LogP contribution < -0.4 is 15.0 Å². The monoisotopic (exact) mass is 326 g/mol. The minimum atomic E-state index is -0.248.